The van der Waals surface area contributed by atoms with E-state index >= 15 is 0 Å². The standard InChI is InChI=1S/C8H12ClNSi.C7H4F3NO2/c1-11(2,3)7-5-4-6-10-8(7)9;8-7(9,10)5-4(6(12)13)2-1-3-11-5/h4-6H,1-3H3;1-3H,(H,12,13). The first-order valence-corrected chi connectivity index (χ1v) is 10.7. The van der Waals surface area contributed by atoms with Crippen molar-refractivity contribution in [3.05, 3.63) is 53.1 Å². The van der Waals surface area contributed by atoms with E-state index in [1.54, 1.807) is 6.20 Å². The number of pyridine rings is 2. The monoisotopic (exact) mass is 376 g/mol. The average molecular weight is 377 g/mol. The Labute approximate surface area is 143 Å². The number of carboxylic acid groups (broad SMARTS) is 1. The predicted molar refractivity (Wildman–Crippen MR) is 88.4 cm³/mol. The molecule has 0 unspecified atom stereocenters. The van der Waals surface area contributed by atoms with Gasteiger partial charge in [0.2, 0.25) is 0 Å². The van der Waals surface area contributed by atoms with Gasteiger partial charge in [0.05, 0.1) is 13.6 Å². The molecule has 130 valence electrons. The lowest BCUT2D eigenvalue weighted by Crippen LogP contribution is -2.38. The zero-order chi connectivity index (χ0) is 18.5. The summed E-state index contributed by atoms with van der Waals surface area (Å²) >= 11 is 5.93. The lowest BCUT2D eigenvalue weighted by atomic mass is 10.2. The van der Waals surface area contributed by atoms with Crippen LogP contribution in [0.2, 0.25) is 24.8 Å². The first kappa shape index (κ1) is 20.1. The van der Waals surface area contributed by atoms with Gasteiger partial charge in [0, 0.05) is 12.4 Å². The maximum Gasteiger partial charge on any atom is 0.434 e. The van der Waals surface area contributed by atoms with Gasteiger partial charge in [-0.05, 0) is 23.4 Å². The molecule has 2 aromatic rings. The molecule has 0 saturated carbocycles. The van der Waals surface area contributed by atoms with Crippen LogP contribution in [0.1, 0.15) is 16.1 Å². The predicted octanol–water partition coefficient (Wildman–Crippen LogP) is 4.08. The normalized spacial score (nSPS) is 11.5. The van der Waals surface area contributed by atoms with Gasteiger partial charge in [-0.2, -0.15) is 13.2 Å². The van der Waals surface area contributed by atoms with Crippen LogP contribution in [-0.4, -0.2) is 29.1 Å². The largest absolute Gasteiger partial charge is 0.478 e. The summed E-state index contributed by atoms with van der Waals surface area (Å²) in [6.07, 6.45) is -2.10. The van der Waals surface area contributed by atoms with E-state index in [1.807, 2.05) is 6.07 Å². The highest BCUT2D eigenvalue weighted by Gasteiger charge is 2.36. The Morgan fingerprint density at radius 1 is 1.12 bits per heavy atom. The summed E-state index contributed by atoms with van der Waals surface area (Å²) in [6, 6.07) is 6.01. The second-order valence-corrected chi connectivity index (χ2v) is 11.2. The molecule has 2 rings (SSSR count). The fraction of sp³-hybridized carbons (Fsp3) is 0.267. The van der Waals surface area contributed by atoms with Crippen LogP contribution in [0.3, 0.4) is 0 Å². The van der Waals surface area contributed by atoms with E-state index in [0.717, 1.165) is 18.3 Å². The van der Waals surface area contributed by atoms with E-state index in [4.69, 9.17) is 16.7 Å². The minimum atomic E-state index is -4.73. The van der Waals surface area contributed by atoms with Gasteiger partial charge in [0.25, 0.3) is 0 Å². The number of nitrogens with zero attached hydrogens (tertiary/aromatic N) is 2. The van der Waals surface area contributed by atoms with Crippen molar-refractivity contribution in [2.45, 2.75) is 25.8 Å². The Morgan fingerprint density at radius 3 is 2.04 bits per heavy atom. The van der Waals surface area contributed by atoms with Crippen molar-refractivity contribution in [2.24, 2.45) is 0 Å². The number of aromatic carboxylic acids is 1. The molecule has 4 nitrogen and oxygen atoms in total. The molecule has 0 spiro atoms. The number of carboxylic acids is 1. The molecule has 9 heteroatoms. The lowest BCUT2D eigenvalue weighted by molar-refractivity contribution is -0.141. The summed E-state index contributed by atoms with van der Waals surface area (Å²) in [7, 11) is -1.27. The summed E-state index contributed by atoms with van der Waals surface area (Å²) in [5, 5.41) is 10.3. The summed E-state index contributed by atoms with van der Waals surface area (Å²) in [5.74, 6) is -1.64. The molecular weight excluding hydrogens is 361 g/mol. The molecule has 0 atom stereocenters. The van der Waals surface area contributed by atoms with Gasteiger partial charge >= 0.3 is 12.1 Å². The molecule has 0 amide bonds. The number of rotatable bonds is 2. The third-order valence-corrected chi connectivity index (χ3v) is 5.35. The van der Waals surface area contributed by atoms with E-state index in [0.29, 0.717) is 5.15 Å². The molecule has 0 aliphatic heterocycles. The van der Waals surface area contributed by atoms with Crippen LogP contribution >= 0.6 is 11.6 Å². The highest BCUT2D eigenvalue weighted by molar-refractivity contribution is 6.90. The van der Waals surface area contributed by atoms with Crippen molar-refractivity contribution in [1.82, 2.24) is 9.97 Å². The Balaban J connectivity index is 0.000000243. The molecule has 0 aliphatic rings. The van der Waals surface area contributed by atoms with Crippen LogP contribution in [0.25, 0.3) is 0 Å². The second-order valence-electron chi connectivity index (χ2n) is 5.79. The van der Waals surface area contributed by atoms with E-state index in [1.165, 1.54) is 5.19 Å². The third kappa shape index (κ3) is 5.61. The Kier molecular flexibility index (Phi) is 6.50. The van der Waals surface area contributed by atoms with E-state index in [-0.39, 0.29) is 0 Å². The van der Waals surface area contributed by atoms with Crippen molar-refractivity contribution < 1.29 is 23.1 Å². The number of carbonyl (C=O) groups is 1. The quantitative estimate of drug-likeness (QED) is 0.633. The summed E-state index contributed by atoms with van der Waals surface area (Å²) < 4.78 is 36.2. The molecule has 0 saturated heterocycles. The third-order valence-electron chi connectivity index (χ3n) is 2.87. The van der Waals surface area contributed by atoms with Gasteiger partial charge in [-0.3, -0.25) is 4.98 Å². The zero-order valence-electron chi connectivity index (χ0n) is 13.2. The molecule has 2 aromatic heterocycles. The van der Waals surface area contributed by atoms with Crippen LogP contribution in [0.15, 0.2) is 36.7 Å². The lowest BCUT2D eigenvalue weighted by Gasteiger charge is -2.16. The van der Waals surface area contributed by atoms with Gasteiger partial charge in [0.1, 0.15) is 5.15 Å². The molecule has 0 aromatic carbocycles. The van der Waals surface area contributed by atoms with Crippen LogP contribution in [0.5, 0.6) is 0 Å². The van der Waals surface area contributed by atoms with Crippen molar-refractivity contribution in [3.63, 3.8) is 0 Å². The number of alkyl halides is 3. The van der Waals surface area contributed by atoms with Crippen molar-refractivity contribution in [1.29, 1.82) is 0 Å². The fourth-order valence-corrected chi connectivity index (χ4v) is 4.00. The Hall–Kier alpha value is -1.93. The first-order valence-electron chi connectivity index (χ1n) is 6.81. The van der Waals surface area contributed by atoms with Crippen LogP contribution in [0.4, 0.5) is 13.2 Å². The Bertz CT molecular complexity index is 718. The average Bonchev–Trinajstić information content (AvgIpc) is 2.46. The van der Waals surface area contributed by atoms with Gasteiger partial charge in [-0.15, -0.1) is 0 Å². The SMILES string of the molecule is C[Si](C)(C)c1cccnc1Cl.O=C(O)c1cccnc1C(F)(F)F. The molecule has 24 heavy (non-hydrogen) atoms. The van der Waals surface area contributed by atoms with E-state index in [2.05, 4.69) is 35.7 Å². The fourth-order valence-electron chi connectivity index (χ4n) is 1.75. The van der Waals surface area contributed by atoms with Crippen LogP contribution < -0.4 is 5.19 Å². The highest BCUT2D eigenvalue weighted by atomic mass is 35.5. The summed E-state index contributed by atoms with van der Waals surface area (Å²) in [4.78, 5) is 17.3. The summed E-state index contributed by atoms with van der Waals surface area (Å²) in [5.41, 5.74) is -2.21. The van der Waals surface area contributed by atoms with Crippen molar-refractivity contribution >= 4 is 30.8 Å². The molecule has 0 bridgehead atoms. The minimum Gasteiger partial charge on any atom is -0.478 e. The summed E-state index contributed by atoms with van der Waals surface area (Å²) in [6.45, 7) is 6.78. The molecule has 1 N–H and O–H groups in total. The van der Waals surface area contributed by atoms with E-state index in [9.17, 15) is 18.0 Å². The molecule has 0 fully saturated rings. The van der Waals surface area contributed by atoms with Crippen LogP contribution in [0, 0.1) is 0 Å². The molecule has 0 radical (unpaired) electrons. The Morgan fingerprint density at radius 2 is 1.67 bits per heavy atom. The van der Waals surface area contributed by atoms with Gasteiger partial charge in [-0.25, -0.2) is 9.78 Å². The first-order chi connectivity index (χ1) is 10.9. The topological polar surface area (TPSA) is 63.1 Å². The highest BCUT2D eigenvalue weighted by Crippen LogP contribution is 2.29. The molecule has 0 aliphatic carbocycles. The second kappa shape index (κ2) is 7.76. The van der Waals surface area contributed by atoms with E-state index < -0.39 is 31.5 Å². The zero-order valence-corrected chi connectivity index (χ0v) is 15.0. The van der Waals surface area contributed by atoms with Gasteiger partial charge in [-0.1, -0.05) is 37.3 Å². The smallest absolute Gasteiger partial charge is 0.434 e. The minimum absolute atomic E-state index is 0.673. The number of halogens is 4. The van der Waals surface area contributed by atoms with Crippen molar-refractivity contribution in [3.8, 4) is 0 Å². The molecular formula is C15H16ClF3N2O2Si. The van der Waals surface area contributed by atoms with Gasteiger partial charge < -0.3 is 5.11 Å². The number of aromatic nitrogens is 2. The maximum atomic E-state index is 12.1. The van der Waals surface area contributed by atoms with Gasteiger partial charge in [0.15, 0.2) is 5.69 Å². The van der Waals surface area contributed by atoms with Crippen LogP contribution in [-0.2, 0) is 6.18 Å². The molecule has 2 heterocycles. The number of hydrogen-bond donors (Lipinski definition) is 1. The number of hydrogen-bond acceptors (Lipinski definition) is 3. The van der Waals surface area contributed by atoms with Crippen molar-refractivity contribution in [2.75, 3.05) is 0 Å². The maximum absolute atomic E-state index is 12.1.